The van der Waals surface area contributed by atoms with Crippen LogP contribution in [0.3, 0.4) is 0 Å². The van der Waals surface area contributed by atoms with Crippen molar-refractivity contribution >= 4 is 20.8 Å². The smallest absolute Gasteiger partial charge is 0.243 e. The Morgan fingerprint density at radius 3 is 2.65 bits per heavy atom. The van der Waals surface area contributed by atoms with Crippen molar-refractivity contribution in [2.24, 2.45) is 0 Å². The van der Waals surface area contributed by atoms with E-state index in [-0.39, 0.29) is 0 Å². The number of nitrogens with zero attached hydrogens (tertiary/aromatic N) is 2. The Morgan fingerprint density at radius 1 is 1.15 bits per heavy atom. The van der Waals surface area contributed by atoms with E-state index in [1.807, 2.05) is 36.4 Å². The topological polar surface area (TPSA) is 40.6 Å². The van der Waals surface area contributed by atoms with Gasteiger partial charge in [-0.15, -0.1) is 0 Å². The zero-order chi connectivity index (χ0) is 18.7. The van der Waals surface area contributed by atoms with Gasteiger partial charge in [-0.05, 0) is 51.1 Å². The van der Waals surface area contributed by atoms with Crippen LogP contribution in [0.1, 0.15) is 39.5 Å². The lowest BCUT2D eigenvalue weighted by molar-refractivity contribution is 0.107. The van der Waals surface area contributed by atoms with E-state index in [4.69, 9.17) is 0 Å². The first-order chi connectivity index (χ1) is 12.4. The predicted octanol–water partition coefficient (Wildman–Crippen LogP) is 4.11. The summed E-state index contributed by atoms with van der Waals surface area (Å²) < 4.78 is 27.7. The molecule has 2 aromatic rings. The van der Waals surface area contributed by atoms with Crippen molar-refractivity contribution in [3.63, 3.8) is 0 Å². The zero-order valence-electron chi connectivity index (χ0n) is 16.1. The predicted molar refractivity (Wildman–Crippen MR) is 108 cm³/mol. The second-order valence-electron chi connectivity index (χ2n) is 7.52. The van der Waals surface area contributed by atoms with E-state index in [9.17, 15) is 8.42 Å². The molecule has 3 rings (SSSR count). The molecule has 1 saturated heterocycles. The zero-order valence-corrected chi connectivity index (χ0v) is 16.9. The maximum atomic E-state index is 13.1. The van der Waals surface area contributed by atoms with Gasteiger partial charge in [0, 0.05) is 31.1 Å². The second kappa shape index (κ2) is 8.07. The van der Waals surface area contributed by atoms with Gasteiger partial charge in [0.05, 0.1) is 4.90 Å². The van der Waals surface area contributed by atoms with Crippen LogP contribution in [-0.2, 0) is 10.0 Å². The lowest BCUT2D eigenvalue weighted by Gasteiger charge is -2.38. The summed E-state index contributed by atoms with van der Waals surface area (Å²) in [6, 6.07) is 14.1. The number of piperidine rings is 1. The number of likely N-dealkylation sites (tertiary alicyclic amines) is 1. The molecule has 2 atom stereocenters. The van der Waals surface area contributed by atoms with E-state index in [0.29, 0.717) is 23.5 Å². The Kier molecular flexibility index (Phi) is 6.00. The maximum absolute atomic E-state index is 13.1. The van der Waals surface area contributed by atoms with Crippen molar-refractivity contribution < 1.29 is 8.42 Å². The molecule has 0 radical (unpaired) electrons. The molecule has 5 heteroatoms. The molecule has 0 aromatic heterocycles. The Hall–Kier alpha value is -1.43. The normalized spacial score (nSPS) is 20.5. The lowest BCUT2D eigenvalue weighted by Crippen LogP contribution is -2.44. The van der Waals surface area contributed by atoms with Gasteiger partial charge in [-0.25, -0.2) is 12.7 Å². The highest BCUT2D eigenvalue weighted by Crippen LogP contribution is 2.26. The molecular weight excluding hydrogens is 344 g/mol. The SMILES string of the molecule is CC1CCCCN1[C@H](C)CCN(C)S(=O)(=O)c1cccc2ccccc12. The molecule has 2 aromatic carbocycles. The van der Waals surface area contributed by atoms with Crippen LogP contribution in [0, 0.1) is 0 Å². The van der Waals surface area contributed by atoms with Crippen molar-refractivity contribution in [1.29, 1.82) is 0 Å². The molecule has 0 amide bonds. The molecule has 1 aliphatic rings. The fraction of sp³-hybridized carbons (Fsp3) is 0.524. The summed E-state index contributed by atoms with van der Waals surface area (Å²) >= 11 is 0. The number of benzene rings is 2. The largest absolute Gasteiger partial charge is 0.298 e. The maximum Gasteiger partial charge on any atom is 0.243 e. The van der Waals surface area contributed by atoms with Crippen LogP contribution in [0.2, 0.25) is 0 Å². The van der Waals surface area contributed by atoms with Crippen molar-refractivity contribution in [1.82, 2.24) is 9.21 Å². The van der Waals surface area contributed by atoms with E-state index in [1.54, 1.807) is 13.1 Å². The molecule has 1 aliphatic heterocycles. The Bertz CT molecular complexity index is 845. The third kappa shape index (κ3) is 3.95. The van der Waals surface area contributed by atoms with E-state index >= 15 is 0 Å². The van der Waals surface area contributed by atoms with Crippen molar-refractivity contribution in [3.8, 4) is 0 Å². The van der Waals surface area contributed by atoms with Crippen LogP contribution in [-0.4, -0.2) is 49.8 Å². The van der Waals surface area contributed by atoms with Gasteiger partial charge in [0.25, 0.3) is 0 Å². The lowest BCUT2D eigenvalue weighted by atomic mass is 10.0. The van der Waals surface area contributed by atoms with Gasteiger partial charge >= 0.3 is 0 Å². The van der Waals surface area contributed by atoms with Gasteiger partial charge in [0.15, 0.2) is 0 Å². The number of sulfonamides is 1. The Balaban J connectivity index is 1.73. The minimum absolute atomic E-state index is 0.399. The molecule has 4 nitrogen and oxygen atoms in total. The van der Waals surface area contributed by atoms with Gasteiger partial charge in [-0.1, -0.05) is 42.8 Å². The fourth-order valence-corrected chi connectivity index (χ4v) is 5.41. The minimum atomic E-state index is -3.49. The van der Waals surface area contributed by atoms with Crippen LogP contribution in [0.25, 0.3) is 10.8 Å². The van der Waals surface area contributed by atoms with Gasteiger partial charge in [-0.3, -0.25) is 4.90 Å². The quantitative estimate of drug-likeness (QED) is 0.764. The molecule has 1 unspecified atom stereocenters. The number of hydrogen-bond donors (Lipinski definition) is 0. The van der Waals surface area contributed by atoms with Crippen LogP contribution < -0.4 is 0 Å². The Morgan fingerprint density at radius 2 is 1.88 bits per heavy atom. The first-order valence-corrected chi connectivity index (χ1v) is 11.0. The van der Waals surface area contributed by atoms with Crippen molar-refractivity contribution in [2.45, 2.75) is 56.5 Å². The van der Waals surface area contributed by atoms with Crippen molar-refractivity contribution in [3.05, 3.63) is 42.5 Å². The third-order valence-electron chi connectivity index (χ3n) is 5.72. The molecule has 26 heavy (non-hydrogen) atoms. The highest BCUT2D eigenvalue weighted by atomic mass is 32.2. The second-order valence-corrected chi connectivity index (χ2v) is 9.54. The number of fused-ring (bicyclic) bond motifs is 1. The molecule has 0 bridgehead atoms. The highest BCUT2D eigenvalue weighted by Gasteiger charge is 2.26. The van der Waals surface area contributed by atoms with Crippen molar-refractivity contribution in [2.75, 3.05) is 20.1 Å². The van der Waals surface area contributed by atoms with Crippen LogP contribution in [0.5, 0.6) is 0 Å². The number of rotatable bonds is 6. The molecule has 0 saturated carbocycles. The summed E-state index contributed by atoms with van der Waals surface area (Å²) in [5.41, 5.74) is 0. The van der Waals surface area contributed by atoms with E-state index in [0.717, 1.165) is 23.7 Å². The third-order valence-corrected chi connectivity index (χ3v) is 7.64. The molecule has 142 valence electrons. The average molecular weight is 375 g/mol. The Labute approximate surface area is 157 Å². The van der Waals surface area contributed by atoms with Crippen LogP contribution in [0.4, 0.5) is 0 Å². The van der Waals surface area contributed by atoms with Gasteiger partial charge < -0.3 is 0 Å². The molecule has 0 N–H and O–H groups in total. The summed E-state index contributed by atoms with van der Waals surface area (Å²) in [5, 5.41) is 1.75. The first-order valence-electron chi connectivity index (χ1n) is 9.61. The summed E-state index contributed by atoms with van der Waals surface area (Å²) in [6.45, 7) is 6.17. The average Bonchev–Trinajstić information content (AvgIpc) is 2.65. The van der Waals surface area contributed by atoms with Gasteiger partial charge in [0.1, 0.15) is 0 Å². The standard InChI is InChI=1S/C21H30N2O2S/c1-17-9-6-7-15-23(17)18(2)14-16-22(3)26(24,25)21-13-8-11-19-10-4-5-12-20(19)21/h4-5,8,10-13,17-18H,6-7,9,14-16H2,1-3H3/t17?,18-/m1/s1. The van der Waals surface area contributed by atoms with Gasteiger partial charge in [-0.2, -0.15) is 0 Å². The summed E-state index contributed by atoms with van der Waals surface area (Å²) in [6.07, 6.45) is 4.65. The fourth-order valence-electron chi connectivity index (χ4n) is 4.02. The number of hydrogen-bond acceptors (Lipinski definition) is 3. The highest BCUT2D eigenvalue weighted by molar-refractivity contribution is 7.89. The van der Waals surface area contributed by atoms with E-state index in [2.05, 4.69) is 18.7 Å². The summed E-state index contributed by atoms with van der Waals surface area (Å²) in [7, 11) is -1.79. The molecule has 0 spiro atoms. The van der Waals surface area contributed by atoms with Crippen LogP contribution in [0.15, 0.2) is 47.4 Å². The molecule has 0 aliphatic carbocycles. The summed E-state index contributed by atoms with van der Waals surface area (Å²) in [5.74, 6) is 0. The van der Waals surface area contributed by atoms with Crippen LogP contribution >= 0.6 is 0 Å². The van der Waals surface area contributed by atoms with E-state index < -0.39 is 10.0 Å². The minimum Gasteiger partial charge on any atom is -0.298 e. The molecule has 1 fully saturated rings. The first kappa shape index (κ1) is 19.3. The summed E-state index contributed by atoms with van der Waals surface area (Å²) in [4.78, 5) is 2.93. The molecule has 1 heterocycles. The van der Waals surface area contributed by atoms with E-state index in [1.165, 1.54) is 23.6 Å². The monoisotopic (exact) mass is 374 g/mol. The van der Waals surface area contributed by atoms with Gasteiger partial charge in [0.2, 0.25) is 10.0 Å². The molecular formula is C21H30N2O2S.